The minimum atomic E-state index is 0.0626. The van der Waals surface area contributed by atoms with Crippen LogP contribution in [0, 0.1) is 0 Å². The lowest BCUT2D eigenvalue weighted by Crippen LogP contribution is -2.04. The predicted molar refractivity (Wildman–Crippen MR) is 75.6 cm³/mol. The molecule has 0 spiro atoms. The van der Waals surface area contributed by atoms with Gasteiger partial charge in [-0.15, -0.1) is 0 Å². The number of benzene rings is 2. The highest BCUT2D eigenvalue weighted by molar-refractivity contribution is 5.65. The second-order valence-electron chi connectivity index (χ2n) is 4.37. The number of hydrogen-bond donors (Lipinski definition) is 1. The fourth-order valence-electron chi connectivity index (χ4n) is 1.91. The van der Waals surface area contributed by atoms with Crippen LogP contribution < -0.4 is 10.5 Å². The number of hydrogen-bond acceptors (Lipinski definition) is 2. The van der Waals surface area contributed by atoms with E-state index in [-0.39, 0.29) is 6.04 Å². The summed E-state index contributed by atoms with van der Waals surface area (Å²) in [5, 5.41) is 0. The van der Waals surface area contributed by atoms with Crippen molar-refractivity contribution in [3.8, 4) is 16.9 Å². The van der Waals surface area contributed by atoms with E-state index in [0.29, 0.717) is 6.61 Å². The van der Waals surface area contributed by atoms with Gasteiger partial charge in [0.25, 0.3) is 0 Å². The van der Waals surface area contributed by atoms with Crippen LogP contribution in [0.4, 0.5) is 0 Å². The van der Waals surface area contributed by atoms with Gasteiger partial charge in [0.05, 0.1) is 6.61 Å². The van der Waals surface area contributed by atoms with Crippen LogP contribution >= 0.6 is 0 Å². The zero-order valence-electron chi connectivity index (χ0n) is 10.9. The molecule has 0 aliphatic carbocycles. The maximum absolute atomic E-state index is 5.90. The highest BCUT2D eigenvalue weighted by Crippen LogP contribution is 2.24. The highest BCUT2D eigenvalue weighted by Gasteiger charge is 2.02. The molecule has 0 bridgehead atoms. The van der Waals surface area contributed by atoms with Crippen molar-refractivity contribution in [2.45, 2.75) is 19.9 Å². The predicted octanol–water partition coefficient (Wildman–Crippen LogP) is 3.77. The maximum atomic E-state index is 5.90. The number of rotatable bonds is 4. The highest BCUT2D eigenvalue weighted by atomic mass is 16.5. The maximum Gasteiger partial charge on any atom is 0.119 e. The first-order chi connectivity index (χ1) is 8.70. The molecule has 2 rings (SSSR count). The fourth-order valence-corrected chi connectivity index (χ4v) is 1.91. The van der Waals surface area contributed by atoms with Gasteiger partial charge in [-0.3, -0.25) is 0 Å². The molecule has 0 aliphatic rings. The minimum absolute atomic E-state index is 0.0626. The Hall–Kier alpha value is -1.80. The normalized spacial score (nSPS) is 12.2. The third-order valence-electron chi connectivity index (χ3n) is 2.91. The van der Waals surface area contributed by atoms with Gasteiger partial charge in [0.2, 0.25) is 0 Å². The molecular weight excluding hydrogens is 222 g/mol. The monoisotopic (exact) mass is 241 g/mol. The van der Waals surface area contributed by atoms with Crippen molar-refractivity contribution in [3.63, 3.8) is 0 Å². The Labute approximate surface area is 108 Å². The van der Waals surface area contributed by atoms with E-state index in [2.05, 4.69) is 30.3 Å². The largest absolute Gasteiger partial charge is 0.494 e. The van der Waals surface area contributed by atoms with E-state index in [1.165, 1.54) is 11.1 Å². The SMILES string of the molecule is CCOc1ccc(-c2cccc([C@@H](C)N)c2)cc1. The van der Waals surface area contributed by atoms with Crippen LogP contribution in [0.15, 0.2) is 48.5 Å². The third-order valence-corrected chi connectivity index (χ3v) is 2.91. The van der Waals surface area contributed by atoms with Crippen molar-refractivity contribution < 1.29 is 4.74 Å². The van der Waals surface area contributed by atoms with Crippen molar-refractivity contribution in [1.82, 2.24) is 0 Å². The molecule has 0 amide bonds. The van der Waals surface area contributed by atoms with E-state index in [4.69, 9.17) is 10.5 Å². The van der Waals surface area contributed by atoms with Crippen molar-refractivity contribution in [3.05, 3.63) is 54.1 Å². The lowest BCUT2D eigenvalue weighted by atomic mass is 10.0. The molecule has 2 nitrogen and oxygen atoms in total. The van der Waals surface area contributed by atoms with Crippen LogP contribution in [0.1, 0.15) is 25.5 Å². The quantitative estimate of drug-likeness (QED) is 0.884. The molecule has 2 N–H and O–H groups in total. The van der Waals surface area contributed by atoms with Gasteiger partial charge in [0.15, 0.2) is 0 Å². The molecule has 94 valence electrons. The summed E-state index contributed by atoms with van der Waals surface area (Å²) in [7, 11) is 0. The Morgan fingerprint density at radius 1 is 1.06 bits per heavy atom. The zero-order valence-corrected chi connectivity index (χ0v) is 10.9. The van der Waals surface area contributed by atoms with Gasteiger partial charge >= 0.3 is 0 Å². The Morgan fingerprint density at radius 3 is 2.39 bits per heavy atom. The summed E-state index contributed by atoms with van der Waals surface area (Å²) < 4.78 is 5.44. The molecule has 0 saturated carbocycles. The number of nitrogens with two attached hydrogens (primary N) is 1. The van der Waals surface area contributed by atoms with Crippen molar-refractivity contribution in [1.29, 1.82) is 0 Å². The topological polar surface area (TPSA) is 35.2 Å². The van der Waals surface area contributed by atoms with Crippen LogP contribution in [0.5, 0.6) is 5.75 Å². The molecule has 0 radical (unpaired) electrons. The van der Waals surface area contributed by atoms with Crippen molar-refractivity contribution in [2.24, 2.45) is 5.73 Å². The lowest BCUT2D eigenvalue weighted by molar-refractivity contribution is 0.340. The van der Waals surface area contributed by atoms with Crippen LogP contribution in [0.2, 0.25) is 0 Å². The molecular formula is C16H19NO. The second kappa shape index (κ2) is 5.69. The van der Waals surface area contributed by atoms with Crippen molar-refractivity contribution >= 4 is 0 Å². The van der Waals surface area contributed by atoms with E-state index >= 15 is 0 Å². The van der Waals surface area contributed by atoms with Crippen LogP contribution in [-0.4, -0.2) is 6.61 Å². The summed E-state index contributed by atoms with van der Waals surface area (Å²) in [6.45, 7) is 4.68. The molecule has 1 atom stereocenters. The van der Waals surface area contributed by atoms with Crippen LogP contribution in [0.3, 0.4) is 0 Å². The molecule has 2 heteroatoms. The van der Waals surface area contributed by atoms with Gasteiger partial charge in [-0.25, -0.2) is 0 Å². The summed E-state index contributed by atoms with van der Waals surface area (Å²) in [6, 6.07) is 16.5. The smallest absolute Gasteiger partial charge is 0.119 e. The van der Waals surface area contributed by atoms with Gasteiger partial charge in [0, 0.05) is 6.04 Å². The Morgan fingerprint density at radius 2 is 1.78 bits per heavy atom. The Kier molecular flexibility index (Phi) is 4.00. The number of ether oxygens (including phenoxy) is 1. The lowest BCUT2D eigenvalue weighted by Gasteiger charge is -2.09. The standard InChI is InChI=1S/C16H19NO/c1-3-18-16-9-7-13(8-10-16)15-6-4-5-14(11-15)12(2)17/h4-12H,3,17H2,1-2H3/t12-/m1/s1. The molecule has 18 heavy (non-hydrogen) atoms. The Bertz CT molecular complexity index is 503. The molecule has 0 aromatic heterocycles. The Balaban J connectivity index is 2.28. The molecule has 0 aliphatic heterocycles. The van der Waals surface area contributed by atoms with Crippen LogP contribution in [0.25, 0.3) is 11.1 Å². The summed E-state index contributed by atoms with van der Waals surface area (Å²) in [4.78, 5) is 0. The fraction of sp³-hybridized carbons (Fsp3) is 0.250. The molecule has 0 heterocycles. The van der Waals surface area contributed by atoms with Crippen LogP contribution in [-0.2, 0) is 0 Å². The van der Waals surface area contributed by atoms with Gasteiger partial charge in [0.1, 0.15) is 5.75 Å². The molecule has 0 saturated heterocycles. The van der Waals surface area contributed by atoms with E-state index < -0.39 is 0 Å². The van der Waals surface area contributed by atoms with Gasteiger partial charge < -0.3 is 10.5 Å². The first-order valence-corrected chi connectivity index (χ1v) is 6.29. The summed E-state index contributed by atoms with van der Waals surface area (Å²) in [5.41, 5.74) is 9.43. The van der Waals surface area contributed by atoms with Gasteiger partial charge in [-0.05, 0) is 48.7 Å². The average Bonchev–Trinajstić information content (AvgIpc) is 2.40. The molecule has 0 unspecified atom stereocenters. The zero-order chi connectivity index (χ0) is 13.0. The first-order valence-electron chi connectivity index (χ1n) is 6.29. The van der Waals surface area contributed by atoms with Gasteiger partial charge in [-0.2, -0.15) is 0 Å². The minimum Gasteiger partial charge on any atom is -0.494 e. The summed E-state index contributed by atoms with van der Waals surface area (Å²) >= 11 is 0. The van der Waals surface area contributed by atoms with Crippen molar-refractivity contribution in [2.75, 3.05) is 6.61 Å². The van der Waals surface area contributed by atoms with E-state index in [0.717, 1.165) is 11.3 Å². The summed E-state index contributed by atoms with van der Waals surface area (Å²) in [6.07, 6.45) is 0. The average molecular weight is 241 g/mol. The summed E-state index contributed by atoms with van der Waals surface area (Å²) in [5.74, 6) is 0.907. The molecule has 0 fully saturated rings. The van der Waals surface area contributed by atoms with E-state index in [9.17, 15) is 0 Å². The third kappa shape index (κ3) is 2.90. The molecule has 2 aromatic carbocycles. The second-order valence-corrected chi connectivity index (χ2v) is 4.37. The van der Waals surface area contributed by atoms with E-state index in [1.807, 2.05) is 32.0 Å². The first kappa shape index (κ1) is 12.7. The molecule has 2 aromatic rings. The van der Waals surface area contributed by atoms with Gasteiger partial charge in [-0.1, -0.05) is 30.3 Å². The van der Waals surface area contributed by atoms with E-state index in [1.54, 1.807) is 0 Å².